The third-order valence-corrected chi connectivity index (χ3v) is 5.61. The fraction of sp³-hybridized carbons (Fsp3) is 0.458. The number of carbonyl (C=O) groups excluding carboxylic acids is 2. The number of carbonyl (C=O) groups is 2. The standard InChI is InChI=1S/C24H32N4O2/c1-26-16-8-17-27(2)24(30)19-28(18-7-12-21-11-6-13-22(26)25-21)23(29)15-14-20-9-4-3-5-10-20/h3-6,9-11,13H,7-8,12,14-19H2,1-2H3. The van der Waals surface area contributed by atoms with E-state index in [9.17, 15) is 9.59 Å². The molecule has 1 aromatic carbocycles. The lowest BCUT2D eigenvalue weighted by molar-refractivity contribution is -0.139. The Morgan fingerprint density at radius 2 is 1.70 bits per heavy atom. The van der Waals surface area contributed by atoms with E-state index >= 15 is 0 Å². The highest BCUT2D eigenvalue weighted by Gasteiger charge is 2.20. The summed E-state index contributed by atoms with van der Waals surface area (Å²) in [4.78, 5) is 36.0. The molecule has 2 bridgehead atoms. The van der Waals surface area contributed by atoms with Crippen molar-refractivity contribution in [3.05, 3.63) is 59.8 Å². The monoisotopic (exact) mass is 408 g/mol. The van der Waals surface area contributed by atoms with Gasteiger partial charge in [0.1, 0.15) is 5.82 Å². The van der Waals surface area contributed by atoms with Crippen LogP contribution in [-0.2, 0) is 22.4 Å². The first kappa shape index (κ1) is 21.8. The number of likely N-dealkylation sites (N-methyl/N-ethyl adjacent to an activating group) is 1. The van der Waals surface area contributed by atoms with Crippen LogP contribution in [0.15, 0.2) is 48.5 Å². The third-order valence-electron chi connectivity index (χ3n) is 5.61. The van der Waals surface area contributed by atoms with Crippen molar-refractivity contribution >= 4 is 17.6 Å². The largest absolute Gasteiger partial charge is 0.360 e. The van der Waals surface area contributed by atoms with Gasteiger partial charge in [-0.1, -0.05) is 36.4 Å². The van der Waals surface area contributed by atoms with Crippen molar-refractivity contribution in [3.63, 3.8) is 0 Å². The number of pyridine rings is 1. The molecule has 3 rings (SSSR count). The van der Waals surface area contributed by atoms with Crippen LogP contribution in [0.25, 0.3) is 0 Å². The highest BCUT2D eigenvalue weighted by molar-refractivity contribution is 5.84. The van der Waals surface area contributed by atoms with Crippen molar-refractivity contribution in [2.45, 2.75) is 32.1 Å². The van der Waals surface area contributed by atoms with E-state index < -0.39 is 0 Å². The number of benzene rings is 1. The molecule has 2 heterocycles. The zero-order valence-corrected chi connectivity index (χ0v) is 18.1. The highest BCUT2D eigenvalue weighted by atomic mass is 16.2. The summed E-state index contributed by atoms with van der Waals surface area (Å²) >= 11 is 0. The van der Waals surface area contributed by atoms with Crippen LogP contribution in [0.1, 0.15) is 30.5 Å². The summed E-state index contributed by atoms with van der Waals surface area (Å²) in [6.45, 7) is 2.20. The van der Waals surface area contributed by atoms with Gasteiger partial charge in [-0.25, -0.2) is 4.98 Å². The molecular weight excluding hydrogens is 376 g/mol. The summed E-state index contributed by atoms with van der Waals surface area (Å²) in [5, 5.41) is 0. The molecule has 6 nitrogen and oxygen atoms in total. The van der Waals surface area contributed by atoms with Gasteiger partial charge >= 0.3 is 0 Å². The maximum Gasteiger partial charge on any atom is 0.241 e. The van der Waals surface area contributed by atoms with Crippen LogP contribution < -0.4 is 4.90 Å². The van der Waals surface area contributed by atoms with Crippen LogP contribution in [0.4, 0.5) is 5.82 Å². The van der Waals surface area contributed by atoms with E-state index in [2.05, 4.69) is 4.90 Å². The Morgan fingerprint density at radius 3 is 2.50 bits per heavy atom. The molecule has 6 heteroatoms. The van der Waals surface area contributed by atoms with E-state index in [1.807, 2.05) is 62.6 Å². The van der Waals surface area contributed by atoms with Gasteiger partial charge in [-0.05, 0) is 43.4 Å². The van der Waals surface area contributed by atoms with Crippen molar-refractivity contribution in [1.29, 1.82) is 0 Å². The van der Waals surface area contributed by atoms with Crippen LogP contribution in [-0.4, -0.2) is 66.9 Å². The average molecular weight is 409 g/mol. The van der Waals surface area contributed by atoms with Crippen molar-refractivity contribution in [3.8, 4) is 0 Å². The molecule has 0 saturated carbocycles. The molecule has 2 amide bonds. The van der Waals surface area contributed by atoms with Crippen LogP contribution >= 0.6 is 0 Å². The number of rotatable bonds is 3. The van der Waals surface area contributed by atoms with Gasteiger partial charge in [0.05, 0.1) is 6.54 Å². The SMILES string of the molecule is CN1CCCN(C)c2cccc(n2)CCCN(C(=O)CCc2ccccc2)CC1=O. The van der Waals surface area contributed by atoms with E-state index in [1.54, 1.807) is 9.80 Å². The topological polar surface area (TPSA) is 56.8 Å². The van der Waals surface area contributed by atoms with Crippen molar-refractivity contribution < 1.29 is 9.59 Å². The molecule has 0 atom stereocenters. The van der Waals surface area contributed by atoms with Crippen LogP contribution in [0.5, 0.6) is 0 Å². The Kier molecular flexibility index (Phi) is 7.82. The first-order valence-corrected chi connectivity index (χ1v) is 10.8. The van der Waals surface area contributed by atoms with E-state index in [0.717, 1.165) is 42.9 Å². The van der Waals surface area contributed by atoms with Crippen LogP contribution in [0.2, 0.25) is 0 Å². The lowest BCUT2D eigenvalue weighted by Crippen LogP contribution is -2.43. The quantitative estimate of drug-likeness (QED) is 0.784. The summed E-state index contributed by atoms with van der Waals surface area (Å²) in [6, 6.07) is 16.1. The Hall–Kier alpha value is -2.89. The van der Waals surface area contributed by atoms with Gasteiger partial charge in [0, 0.05) is 45.8 Å². The molecule has 1 aliphatic heterocycles. The summed E-state index contributed by atoms with van der Waals surface area (Å²) in [5.74, 6) is 0.989. The summed E-state index contributed by atoms with van der Waals surface area (Å²) in [7, 11) is 3.85. The van der Waals surface area contributed by atoms with Gasteiger partial charge in [0.15, 0.2) is 0 Å². The Morgan fingerprint density at radius 1 is 0.933 bits per heavy atom. The Balaban J connectivity index is 1.69. The number of nitrogens with zero attached hydrogens (tertiary/aromatic N) is 4. The third kappa shape index (κ3) is 6.31. The minimum atomic E-state index is -0.000537. The van der Waals surface area contributed by atoms with E-state index in [4.69, 9.17) is 4.98 Å². The second kappa shape index (κ2) is 10.8. The van der Waals surface area contributed by atoms with E-state index in [-0.39, 0.29) is 18.4 Å². The lowest BCUT2D eigenvalue weighted by atomic mass is 10.1. The zero-order valence-electron chi connectivity index (χ0n) is 18.1. The van der Waals surface area contributed by atoms with Crippen LogP contribution in [0.3, 0.4) is 0 Å². The van der Waals surface area contributed by atoms with E-state index in [1.165, 1.54) is 0 Å². The molecule has 0 fully saturated rings. The smallest absolute Gasteiger partial charge is 0.241 e. The molecule has 1 aromatic heterocycles. The molecule has 30 heavy (non-hydrogen) atoms. The Labute approximate surface area is 179 Å². The van der Waals surface area contributed by atoms with Crippen molar-refractivity contribution in [1.82, 2.24) is 14.8 Å². The second-order valence-electron chi connectivity index (χ2n) is 7.98. The summed E-state index contributed by atoms with van der Waals surface area (Å²) in [6.07, 6.45) is 3.53. The molecule has 2 aromatic rings. The molecule has 160 valence electrons. The number of hydrogen-bond donors (Lipinski definition) is 0. The first-order chi connectivity index (χ1) is 14.5. The maximum absolute atomic E-state index is 12.9. The Bertz CT molecular complexity index is 840. The normalized spacial score (nSPS) is 16.3. The molecule has 0 N–H and O–H groups in total. The predicted octanol–water partition coefficient (Wildman–Crippen LogP) is 2.77. The van der Waals surface area contributed by atoms with Crippen molar-refractivity contribution in [2.24, 2.45) is 0 Å². The molecule has 0 radical (unpaired) electrons. The fourth-order valence-electron chi connectivity index (χ4n) is 3.68. The molecule has 0 aliphatic carbocycles. The first-order valence-electron chi connectivity index (χ1n) is 10.8. The van der Waals surface area contributed by atoms with Gasteiger partial charge in [-0.3, -0.25) is 9.59 Å². The van der Waals surface area contributed by atoms with Gasteiger partial charge in [0.25, 0.3) is 0 Å². The number of aryl methyl sites for hydroxylation is 2. The van der Waals surface area contributed by atoms with Gasteiger partial charge < -0.3 is 14.7 Å². The highest BCUT2D eigenvalue weighted by Crippen LogP contribution is 2.13. The number of anilines is 1. The fourth-order valence-corrected chi connectivity index (χ4v) is 3.68. The molecule has 1 aliphatic rings. The number of fused-ring (bicyclic) bond motifs is 2. The molecule has 0 saturated heterocycles. The lowest BCUT2D eigenvalue weighted by Gasteiger charge is -2.27. The maximum atomic E-state index is 12.9. The van der Waals surface area contributed by atoms with Crippen molar-refractivity contribution in [2.75, 3.05) is 45.2 Å². The second-order valence-corrected chi connectivity index (χ2v) is 7.98. The van der Waals surface area contributed by atoms with Crippen LogP contribution in [0, 0.1) is 0 Å². The zero-order chi connectivity index (χ0) is 21.3. The minimum Gasteiger partial charge on any atom is -0.360 e. The molecule has 0 spiro atoms. The number of aromatic nitrogens is 1. The van der Waals surface area contributed by atoms with E-state index in [0.29, 0.717) is 25.9 Å². The summed E-state index contributed by atoms with van der Waals surface area (Å²) in [5.41, 5.74) is 2.16. The van der Waals surface area contributed by atoms with Gasteiger partial charge in [0.2, 0.25) is 11.8 Å². The predicted molar refractivity (Wildman–Crippen MR) is 119 cm³/mol. The minimum absolute atomic E-state index is 0.000537. The molecular formula is C24H32N4O2. The average Bonchev–Trinajstić information content (AvgIpc) is 2.76. The summed E-state index contributed by atoms with van der Waals surface area (Å²) < 4.78 is 0. The number of amides is 2. The van der Waals surface area contributed by atoms with Gasteiger partial charge in [-0.2, -0.15) is 0 Å². The van der Waals surface area contributed by atoms with Gasteiger partial charge in [-0.15, -0.1) is 0 Å². The molecule has 0 unspecified atom stereocenters. The number of hydrogen-bond acceptors (Lipinski definition) is 4.